The first kappa shape index (κ1) is 23.5. The van der Waals surface area contributed by atoms with Crippen LogP contribution in [0.4, 0.5) is 0 Å². The van der Waals surface area contributed by atoms with E-state index in [0.717, 1.165) is 16.7 Å². The van der Waals surface area contributed by atoms with E-state index in [-0.39, 0.29) is 29.1 Å². The number of halogens is 1. The number of benzene rings is 3. The van der Waals surface area contributed by atoms with E-state index in [1.807, 2.05) is 57.2 Å². The Bertz CT molecular complexity index is 1130. The summed E-state index contributed by atoms with van der Waals surface area (Å²) in [6.07, 6.45) is 0.332. The van der Waals surface area contributed by atoms with Gasteiger partial charge in [-0.3, -0.25) is 9.59 Å². The molecular weight excluding hydrogens is 472 g/mol. The Morgan fingerprint density at radius 3 is 2.41 bits per heavy atom. The first-order valence-corrected chi connectivity index (χ1v) is 10.9. The van der Waals surface area contributed by atoms with Crippen LogP contribution in [0.2, 0.25) is 0 Å². The van der Waals surface area contributed by atoms with Crippen molar-refractivity contribution in [2.45, 2.75) is 33.8 Å². The Balaban J connectivity index is 1.75. The molecule has 0 aromatic heterocycles. The standard InChI is InChI=1S/C26H25BrO5/c1-26(2,3)14-22(29)21-10-11-23(24(27)25(21)30)31-15-17-6-4-7-18(12-17)19-8-5-9-20(13-19)32-16-28/h4-13,16,30H,14-15H2,1-3H3. The highest BCUT2D eigenvalue weighted by Gasteiger charge is 2.22. The lowest BCUT2D eigenvalue weighted by molar-refractivity contribution is -0.120. The largest absolute Gasteiger partial charge is 0.506 e. The normalized spacial score (nSPS) is 11.1. The van der Waals surface area contributed by atoms with Gasteiger partial charge in [-0.05, 0) is 68.4 Å². The summed E-state index contributed by atoms with van der Waals surface area (Å²) >= 11 is 3.36. The second kappa shape index (κ2) is 10.0. The minimum Gasteiger partial charge on any atom is -0.506 e. The predicted molar refractivity (Wildman–Crippen MR) is 127 cm³/mol. The van der Waals surface area contributed by atoms with E-state index in [1.54, 1.807) is 24.3 Å². The molecule has 0 aliphatic carbocycles. The number of aromatic hydroxyl groups is 1. The number of hydrogen-bond acceptors (Lipinski definition) is 5. The second-order valence-electron chi connectivity index (χ2n) is 8.67. The number of phenolic OH excluding ortho intramolecular Hbond substituents is 1. The van der Waals surface area contributed by atoms with Gasteiger partial charge in [0.2, 0.25) is 0 Å². The van der Waals surface area contributed by atoms with Gasteiger partial charge >= 0.3 is 0 Å². The topological polar surface area (TPSA) is 72.8 Å². The molecule has 0 unspecified atom stereocenters. The van der Waals surface area contributed by atoms with Gasteiger partial charge in [-0.1, -0.05) is 51.1 Å². The highest BCUT2D eigenvalue weighted by Crippen LogP contribution is 2.38. The van der Waals surface area contributed by atoms with Crippen molar-refractivity contribution < 1.29 is 24.2 Å². The molecule has 0 aliphatic heterocycles. The molecule has 32 heavy (non-hydrogen) atoms. The van der Waals surface area contributed by atoms with Gasteiger partial charge in [0.15, 0.2) is 5.78 Å². The van der Waals surface area contributed by atoms with Gasteiger partial charge in [-0.25, -0.2) is 0 Å². The first-order chi connectivity index (χ1) is 15.2. The molecule has 3 rings (SSSR count). The van der Waals surface area contributed by atoms with Gasteiger partial charge in [0.1, 0.15) is 28.3 Å². The molecule has 6 heteroatoms. The Hall–Kier alpha value is -3.12. The number of ether oxygens (including phenoxy) is 2. The molecule has 0 heterocycles. The van der Waals surface area contributed by atoms with Crippen molar-refractivity contribution in [1.29, 1.82) is 0 Å². The molecule has 0 radical (unpaired) electrons. The molecule has 5 nitrogen and oxygen atoms in total. The summed E-state index contributed by atoms with van der Waals surface area (Å²) in [6.45, 7) is 6.61. The zero-order chi connectivity index (χ0) is 23.3. The maximum absolute atomic E-state index is 12.5. The van der Waals surface area contributed by atoms with Crippen molar-refractivity contribution in [2.75, 3.05) is 0 Å². The van der Waals surface area contributed by atoms with Crippen LogP contribution in [0.15, 0.2) is 65.1 Å². The molecule has 166 valence electrons. The van der Waals surface area contributed by atoms with Crippen LogP contribution in [0.25, 0.3) is 11.1 Å². The summed E-state index contributed by atoms with van der Waals surface area (Å²) in [4.78, 5) is 23.1. The molecule has 0 spiro atoms. The molecule has 0 fully saturated rings. The monoisotopic (exact) mass is 496 g/mol. The van der Waals surface area contributed by atoms with E-state index in [9.17, 15) is 14.7 Å². The minimum absolute atomic E-state index is 0.113. The van der Waals surface area contributed by atoms with Gasteiger partial charge in [0, 0.05) is 6.42 Å². The Kier molecular flexibility index (Phi) is 7.36. The zero-order valence-corrected chi connectivity index (χ0v) is 19.8. The van der Waals surface area contributed by atoms with E-state index in [1.165, 1.54) is 0 Å². The van der Waals surface area contributed by atoms with E-state index in [0.29, 0.717) is 28.9 Å². The van der Waals surface area contributed by atoms with Crippen molar-refractivity contribution in [3.63, 3.8) is 0 Å². The number of rotatable bonds is 8. The fourth-order valence-corrected chi connectivity index (χ4v) is 3.73. The molecule has 3 aromatic carbocycles. The lowest BCUT2D eigenvalue weighted by Crippen LogP contribution is -2.13. The molecule has 0 aliphatic rings. The second-order valence-corrected chi connectivity index (χ2v) is 9.46. The predicted octanol–water partition coefficient (Wildman–Crippen LogP) is 6.55. The molecular formula is C26H25BrO5. The van der Waals surface area contributed by atoms with Crippen LogP contribution in [0.1, 0.15) is 43.1 Å². The lowest BCUT2D eigenvalue weighted by atomic mass is 9.87. The van der Waals surface area contributed by atoms with Crippen molar-refractivity contribution in [3.8, 4) is 28.4 Å². The van der Waals surface area contributed by atoms with E-state index < -0.39 is 0 Å². The molecule has 0 atom stereocenters. The third-order valence-electron chi connectivity index (χ3n) is 4.74. The maximum Gasteiger partial charge on any atom is 0.298 e. The molecule has 0 saturated heterocycles. The lowest BCUT2D eigenvalue weighted by Gasteiger charge is -2.18. The van der Waals surface area contributed by atoms with Gasteiger partial charge in [-0.15, -0.1) is 0 Å². The van der Waals surface area contributed by atoms with Crippen LogP contribution in [0.5, 0.6) is 17.2 Å². The van der Waals surface area contributed by atoms with Crippen molar-refractivity contribution in [1.82, 2.24) is 0 Å². The van der Waals surface area contributed by atoms with Gasteiger partial charge in [0.05, 0.1) is 5.56 Å². The number of hydrogen-bond donors (Lipinski definition) is 1. The van der Waals surface area contributed by atoms with Crippen molar-refractivity contribution in [2.24, 2.45) is 5.41 Å². The number of Topliss-reactive ketones (excluding diaryl/α,β-unsaturated/α-hetero) is 1. The van der Waals surface area contributed by atoms with E-state index in [4.69, 9.17) is 9.47 Å². The summed E-state index contributed by atoms with van der Waals surface area (Å²) in [5, 5.41) is 10.5. The number of phenols is 1. The first-order valence-electron chi connectivity index (χ1n) is 10.1. The number of ketones is 1. The van der Waals surface area contributed by atoms with Crippen molar-refractivity contribution in [3.05, 3.63) is 76.3 Å². The summed E-state index contributed by atoms with van der Waals surface area (Å²) in [6, 6.07) is 18.3. The van der Waals surface area contributed by atoms with Crippen LogP contribution in [0, 0.1) is 5.41 Å². The highest BCUT2D eigenvalue weighted by atomic mass is 79.9. The van der Waals surface area contributed by atoms with E-state index >= 15 is 0 Å². The fourth-order valence-electron chi connectivity index (χ4n) is 3.27. The fraction of sp³-hybridized carbons (Fsp3) is 0.231. The van der Waals surface area contributed by atoms with Crippen LogP contribution in [-0.2, 0) is 11.4 Å². The van der Waals surface area contributed by atoms with Gasteiger partial charge < -0.3 is 14.6 Å². The van der Waals surface area contributed by atoms with Crippen LogP contribution >= 0.6 is 15.9 Å². The smallest absolute Gasteiger partial charge is 0.298 e. The average Bonchev–Trinajstić information content (AvgIpc) is 2.74. The molecule has 3 aromatic rings. The third-order valence-corrected chi connectivity index (χ3v) is 5.51. The van der Waals surface area contributed by atoms with Gasteiger partial charge in [-0.2, -0.15) is 0 Å². The Morgan fingerprint density at radius 1 is 1.03 bits per heavy atom. The average molecular weight is 497 g/mol. The van der Waals surface area contributed by atoms with Crippen LogP contribution in [-0.4, -0.2) is 17.4 Å². The number of carbonyl (C=O) groups is 2. The minimum atomic E-state index is -0.172. The molecule has 1 N–H and O–H groups in total. The zero-order valence-electron chi connectivity index (χ0n) is 18.2. The molecule has 0 saturated carbocycles. The summed E-state index contributed by atoms with van der Waals surface area (Å²) in [7, 11) is 0. The highest BCUT2D eigenvalue weighted by molar-refractivity contribution is 9.10. The summed E-state index contributed by atoms with van der Waals surface area (Å²) in [5.74, 6) is 0.689. The third kappa shape index (κ3) is 5.98. The summed E-state index contributed by atoms with van der Waals surface area (Å²) in [5.41, 5.74) is 2.89. The molecule has 0 bridgehead atoms. The Morgan fingerprint density at radius 2 is 1.72 bits per heavy atom. The van der Waals surface area contributed by atoms with Gasteiger partial charge in [0.25, 0.3) is 6.47 Å². The SMILES string of the molecule is CC(C)(C)CC(=O)c1ccc(OCc2cccc(-c3cccc(OC=O)c3)c2)c(Br)c1O. The maximum atomic E-state index is 12.5. The summed E-state index contributed by atoms with van der Waals surface area (Å²) < 4.78 is 11.2. The number of carbonyl (C=O) groups excluding carboxylic acids is 2. The Labute approximate surface area is 196 Å². The van der Waals surface area contributed by atoms with Crippen LogP contribution in [0.3, 0.4) is 0 Å². The van der Waals surface area contributed by atoms with Crippen molar-refractivity contribution >= 4 is 28.2 Å². The quantitative estimate of drug-likeness (QED) is 0.282. The van der Waals surface area contributed by atoms with E-state index in [2.05, 4.69) is 15.9 Å². The van der Waals surface area contributed by atoms with Crippen LogP contribution < -0.4 is 9.47 Å². The molecule has 0 amide bonds.